The molecule has 2 aliphatic heterocycles. The zero-order chi connectivity index (χ0) is 20.1. The van der Waals surface area contributed by atoms with Gasteiger partial charge in [-0.25, -0.2) is 4.79 Å². The molecule has 29 heavy (non-hydrogen) atoms. The lowest BCUT2D eigenvalue weighted by Gasteiger charge is -2.32. The number of carboxylic acid groups (broad SMARTS) is 1. The number of nitrogens with zero attached hydrogens (tertiary/aromatic N) is 2. The van der Waals surface area contributed by atoms with E-state index in [-0.39, 0.29) is 6.10 Å². The predicted molar refractivity (Wildman–Crippen MR) is 118 cm³/mol. The number of hydrogen-bond acceptors (Lipinski definition) is 5. The van der Waals surface area contributed by atoms with Gasteiger partial charge in [0.25, 0.3) is 0 Å². The molecule has 2 unspecified atom stereocenters. The summed E-state index contributed by atoms with van der Waals surface area (Å²) < 4.78 is 4.99. The summed E-state index contributed by atoms with van der Waals surface area (Å²) >= 11 is 1.97. The topological polar surface area (TPSA) is 62.1 Å². The molecule has 3 atom stereocenters. The Bertz CT molecular complexity index is 809. The molecule has 0 radical (unpaired) electrons. The molecule has 1 saturated heterocycles. The van der Waals surface area contributed by atoms with Crippen molar-refractivity contribution in [2.75, 3.05) is 19.6 Å². The minimum absolute atomic E-state index is 0.179. The summed E-state index contributed by atoms with van der Waals surface area (Å²) in [5.74, 6) is 0.529. The predicted octanol–water partition coefficient (Wildman–Crippen LogP) is 4.95. The number of allylic oxidation sites excluding steroid dienone is 7. The first-order chi connectivity index (χ1) is 14.2. The molecular formula is C23H28N2O3S. The van der Waals surface area contributed by atoms with Crippen LogP contribution in [-0.4, -0.2) is 53.4 Å². The molecule has 2 heterocycles. The van der Waals surface area contributed by atoms with Crippen molar-refractivity contribution in [1.82, 2.24) is 4.90 Å². The molecule has 0 spiro atoms. The molecule has 1 fully saturated rings. The van der Waals surface area contributed by atoms with Crippen LogP contribution in [0.15, 0.2) is 63.7 Å². The molecule has 0 saturated carbocycles. The minimum Gasteiger partial charge on any atom is -0.450 e. The van der Waals surface area contributed by atoms with Crippen LogP contribution in [-0.2, 0) is 4.74 Å². The van der Waals surface area contributed by atoms with Gasteiger partial charge in [-0.05, 0) is 61.6 Å². The largest absolute Gasteiger partial charge is 0.506 e. The smallest absolute Gasteiger partial charge is 0.450 e. The molecule has 0 amide bonds. The molecule has 0 aromatic heterocycles. The summed E-state index contributed by atoms with van der Waals surface area (Å²) in [6.07, 6.45) is 20.9. The van der Waals surface area contributed by atoms with Crippen molar-refractivity contribution in [3.63, 3.8) is 0 Å². The Labute approximate surface area is 176 Å². The van der Waals surface area contributed by atoms with E-state index < -0.39 is 6.16 Å². The fourth-order valence-corrected chi connectivity index (χ4v) is 5.80. The van der Waals surface area contributed by atoms with E-state index in [1.54, 1.807) is 0 Å². The van der Waals surface area contributed by atoms with Crippen LogP contribution in [0.4, 0.5) is 4.79 Å². The molecule has 1 N–H and O–H groups in total. The van der Waals surface area contributed by atoms with Crippen LogP contribution in [0, 0.1) is 5.92 Å². The number of fused-ring (bicyclic) bond motifs is 1. The first kappa shape index (κ1) is 20.2. The molecule has 2 aliphatic carbocycles. The molecule has 0 aromatic carbocycles. The van der Waals surface area contributed by atoms with Gasteiger partial charge in [0.15, 0.2) is 0 Å². The number of hydrogen-bond donors (Lipinski definition) is 1. The van der Waals surface area contributed by atoms with Crippen molar-refractivity contribution in [3.05, 3.63) is 58.7 Å². The number of likely N-dealkylation sites (tertiary alicyclic amines) is 1. The van der Waals surface area contributed by atoms with Gasteiger partial charge in [0, 0.05) is 24.5 Å². The van der Waals surface area contributed by atoms with Crippen LogP contribution in [0.2, 0.25) is 0 Å². The fraction of sp³-hybridized carbons (Fsp3) is 0.478. The van der Waals surface area contributed by atoms with Crippen molar-refractivity contribution in [2.45, 2.75) is 43.5 Å². The third-order valence-electron chi connectivity index (χ3n) is 5.84. The van der Waals surface area contributed by atoms with Crippen LogP contribution in [0.3, 0.4) is 0 Å². The molecule has 4 rings (SSSR count). The Morgan fingerprint density at radius 1 is 1.34 bits per heavy atom. The summed E-state index contributed by atoms with van der Waals surface area (Å²) in [5, 5.41) is 9.20. The second kappa shape index (κ2) is 9.63. The van der Waals surface area contributed by atoms with Gasteiger partial charge in [-0.1, -0.05) is 36.5 Å². The second-order valence-electron chi connectivity index (χ2n) is 7.94. The van der Waals surface area contributed by atoms with Crippen molar-refractivity contribution < 1.29 is 14.6 Å². The van der Waals surface area contributed by atoms with Crippen LogP contribution in [0.1, 0.15) is 32.1 Å². The maximum atomic E-state index is 10.8. The third-order valence-corrected chi connectivity index (χ3v) is 7.34. The molecule has 4 aliphatic rings. The fourth-order valence-electron chi connectivity index (χ4n) is 4.42. The summed E-state index contributed by atoms with van der Waals surface area (Å²) in [7, 11) is 0. The monoisotopic (exact) mass is 412 g/mol. The maximum absolute atomic E-state index is 10.8. The van der Waals surface area contributed by atoms with Gasteiger partial charge in [-0.3, -0.25) is 9.89 Å². The summed E-state index contributed by atoms with van der Waals surface area (Å²) in [5.41, 5.74) is 2.50. The lowest BCUT2D eigenvalue weighted by molar-refractivity contribution is 0.0131. The normalized spacial score (nSPS) is 30.8. The SMILES string of the molecule is O=C(O)OC1CCCN(CCCC2CC=CC3=C2S[C@@H]2C=CC=C/C2=C/N=C3)C1. The van der Waals surface area contributed by atoms with Gasteiger partial charge in [0.05, 0.1) is 5.25 Å². The van der Waals surface area contributed by atoms with E-state index >= 15 is 0 Å². The highest BCUT2D eigenvalue weighted by Crippen LogP contribution is 2.42. The quantitative estimate of drug-likeness (QED) is 0.647. The van der Waals surface area contributed by atoms with Crippen LogP contribution in [0.5, 0.6) is 0 Å². The van der Waals surface area contributed by atoms with Crippen molar-refractivity contribution in [3.8, 4) is 0 Å². The number of ether oxygens (including phenoxy) is 1. The van der Waals surface area contributed by atoms with Crippen molar-refractivity contribution in [2.24, 2.45) is 10.9 Å². The highest BCUT2D eigenvalue weighted by molar-refractivity contribution is 8.04. The van der Waals surface area contributed by atoms with Gasteiger partial charge in [0.2, 0.25) is 0 Å². The van der Waals surface area contributed by atoms with E-state index in [2.05, 4.69) is 46.3 Å². The lowest BCUT2D eigenvalue weighted by Crippen LogP contribution is -2.40. The first-order valence-electron chi connectivity index (χ1n) is 10.5. The summed E-state index contributed by atoms with van der Waals surface area (Å²) in [4.78, 5) is 19.2. The second-order valence-corrected chi connectivity index (χ2v) is 9.12. The Balaban J connectivity index is 1.34. The average Bonchev–Trinajstić information content (AvgIpc) is 2.69. The van der Waals surface area contributed by atoms with E-state index in [4.69, 9.17) is 9.84 Å². The number of aliphatic imine (C=N–C) groups is 1. The minimum atomic E-state index is -1.16. The number of piperidine rings is 1. The number of rotatable bonds is 5. The zero-order valence-electron chi connectivity index (χ0n) is 16.6. The van der Waals surface area contributed by atoms with Crippen LogP contribution in [0.25, 0.3) is 0 Å². The Morgan fingerprint density at radius 3 is 3.17 bits per heavy atom. The molecule has 6 heteroatoms. The molecular weight excluding hydrogens is 384 g/mol. The zero-order valence-corrected chi connectivity index (χ0v) is 17.4. The Kier molecular flexibility index (Phi) is 6.72. The standard InChI is InChI=1S/C23H28N2O3S/c26-23(27)28-20-10-5-13-25(16-20)12-4-9-17-7-3-8-19-15-24-14-18-6-1-2-11-21(18)29-22(17)19/h1-3,6,8,11,14-15,17,20-21H,4-5,7,9-10,12-13,16H2,(H,26,27)/b18-14-,24-15?/t17?,20?,21-/m1/s1. The highest BCUT2D eigenvalue weighted by Gasteiger charge is 2.26. The Hall–Kier alpha value is -2.05. The average molecular weight is 413 g/mol. The molecule has 0 aromatic rings. The van der Waals surface area contributed by atoms with E-state index in [0.717, 1.165) is 51.7 Å². The van der Waals surface area contributed by atoms with E-state index in [1.807, 2.05) is 24.2 Å². The van der Waals surface area contributed by atoms with E-state index in [0.29, 0.717) is 11.2 Å². The molecule has 0 bridgehead atoms. The number of carbonyl (C=O) groups is 1. The Morgan fingerprint density at radius 2 is 2.28 bits per heavy atom. The van der Waals surface area contributed by atoms with Gasteiger partial charge >= 0.3 is 6.16 Å². The van der Waals surface area contributed by atoms with E-state index in [1.165, 1.54) is 16.1 Å². The van der Waals surface area contributed by atoms with Crippen LogP contribution < -0.4 is 0 Å². The van der Waals surface area contributed by atoms with Crippen LogP contribution >= 0.6 is 11.8 Å². The van der Waals surface area contributed by atoms with Gasteiger partial charge in [-0.15, -0.1) is 11.8 Å². The lowest BCUT2D eigenvalue weighted by atomic mass is 9.91. The highest BCUT2D eigenvalue weighted by atomic mass is 32.2. The van der Waals surface area contributed by atoms with Gasteiger partial charge < -0.3 is 9.84 Å². The van der Waals surface area contributed by atoms with Gasteiger partial charge in [-0.2, -0.15) is 0 Å². The third kappa shape index (κ3) is 5.31. The van der Waals surface area contributed by atoms with E-state index in [9.17, 15) is 4.79 Å². The summed E-state index contributed by atoms with van der Waals surface area (Å²) in [6, 6.07) is 0. The van der Waals surface area contributed by atoms with Gasteiger partial charge in [0.1, 0.15) is 6.10 Å². The van der Waals surface area contributed by atoms with Crippen molar-refractivity contribution in [1.29, 1.82) is 0 Å². The molecule has 5 nitrogen and oxygen atoms in total. The summed E-state index contributed by atoms with van der Waals surface area (Å²) in [6.45, 7) is 2.75. The number of thioether (sulfide) groups is 1. The maximum Gasteiger partial charge on any atom is 0.506 e. The van der Waals surface area contributed by atoms with Crippen molar-refractivity contribution >= 4 is 24.1 Å². The molecule has 154 valence electrons. The first-order valence-corrected chi connectivity index (χ1v) is 11.3.